The van der Waals surface area contributed by atoms with Crippen LogP contribution in [0.25, 0.3) is 11.5 Å². The number of thiophene rings is 1. The average molecular weight is 381 g/mol. The molecular formula is C10H11Br2N3OS. The van der Waals surface area contributed by atoms with Crippen LogP contribution < -0.4 is 5.32 Å². The molecule has 0 spiro atoms. The zero-order valence-electron chi connectivity index (χ0n) is 9.17. The van der Waals surface area contributed by atoms with Crippen LogP contribution in [0, 0.1) is 0 Å². The van der Waals surface area contributed by atoms with E-state index < -0.39 is 0 Å². The van der Waals surface area contributed by atoms with Crippen molar-refractivity contribution in [2.75, 3.05) is 6.54 Å². The third-order valence-electron chi connectivity index (χ3n) is 2.06. The number of rotatable bonds is 5. The van der Waals surface area contributed by atoms with Gasteiger partial charge in [-0.25, -0.2) is 0 Å². The minimum atomic E-state index is 0.548. The third-order valence-corrected chi connectivity index (χ3v) is 4.40. The van der Waals surface area contributed by atoms with Gasteiger partial charge in [0.05, 0.1) is 19.7 Å². The first-order valence-corrected chi connectivity index (χ1v) is 7.59. The van der Waals surface area contributed by atoms with Crippen molar-refractivity contribution in [3.63, 3.8) is 0 Å². The van der Waals surface area contributed by atoms with Crippen LogP contribution in [-0.2, 0) is 6.54 Å². The van der Waals surface area contributed by atoms with E-state index in [-0.39, 0.29) is 0 Å². The van der Waals surface area contributed by atoms with Crippen molar-refractivity contribution < 1.29 is 4.42 Å². The number of nitrogens with one attached hydrogen (secondary N) is 1. The second-order valence-corrected chi connectivity index (χ2v) is 7.16. The van der Waals surface area contributed by atoms with Gasteiger partial charge in [-0.05, 0) is 50.9 Å². The number of hydrogen-bond acceptors (Lipinski definition) is 5. The standard InChI is InChI=1S/C10H11Br2N3OS/c1-2-3-13-5-8-14-15-10(16-8)6-4-7(11)17-9(6)12/h4,13H,2-3,5H2,1H3. The fourth-order valence-electron chi connectivity index (χ4n) is 1.29. The largest absolute Gasteiger partial charge is 0.419 e. The van der Waals surface area contributed by atoms with Crippen molar-refractivity contribution in [1.82, 2.24) is 15.5 Å². The van der Waals surface area contributed by atoms with Crippen molar-refractivity contribution in [3.05, 3.63) is 19.5 Å². The van der Waals surface area contributed by atoms with Crippen LogP contribution in [-0.4, -0.2) is 16.7 Å². The Morgan fingerprint density at radius 3 is 2.88 bits per heavy atom. The van der Waals surface area contributed by atoms with Crippen molar-refractivity contribution in [2.45, 2.75) is 19.9 Å². The van der Waals surface area contributed by atoms with Gasteiger partial charge >= 0.3 is 0 Å². The molecule has 7 heteroatoms. The molecule has 0 amide bonds. The van der Waals surface area contributed by atoms with Crippen molar-refractivity contribution in [2.24, 2.45) is 0 Å². The monoisotopic (exact) mass is 379 g/mol. The van der Waals surface area contributed by atoms with Gasteiger partial charge in [-0.15, -0.1) is 21.5 Å². The molecular weight excluding hydrogens is 370 g/mol. The maximum absolute atomic E-state index is 5.58. The molecule has 0 saturated heterocycles. The van der Waals surface area contributed by atoms with E-state index >= 15 is 0 Å². The fourth-order valence-corrected chi connectivity index (χ4v) is 4.07. The summed E-state index contributed by atoms with van der Waals surface area (Å²) in [7, 11) is 0. The number of hydrogen-bond donors (Lipinski definition) is 1. The molecule has 0 atom stereocenters. The van der Waals surface area contributed by atoms with Crippen molar-refractivity contribution >= 4 is 43.2 Å². The van der Waals surface area contributed by atoms with E-state index in [1.165, 1.54) is 0 Å². The summed E-state index contributed by atoms with van der Waals surface area (Å²) in [6, 6.07) is 1.96. The van der Waals surface area contributed by atoms with E-state index in [9.17, 15) is 0 Å². The zero-order valence-corrected chi connectivity index (χ0v) is 13.2. The normalized spacial score (nSPS) is 11.0. The Balaban J connectivity index is 2.10. The lowest BCUT2D eigenvalue weighted by atomic mass is 10.3. The second kappa shape index (κ2) is 6.08. The molecule has 0 aliphatic heterocycles. The summed E-state index contributed by atoms with van der Waals surface area (Å²) in [6.45, 7) is 3.68. The quantitative estimate of drug-likeness (QED) is 0.801. The van der Waals surface area contributed by atoms with Gasteiger partial charge in [0.2, 0.25) is 11.8 Å². The summed E-state index contributed by atoms with van der Waals surface area (Å²) in [4.78, 5) is 0. The van der Waals surface area contributed by atoms with Crippen LogP contribution in [0.5, 0.6) is 0 Å². The lowest BCUT2D eigenvalue weighted by molar-refractivity contribution is 0.477. The Labute approximate surface area is 120 Å². The molecule has 92 valence electrons. The van der Waals surface area contributed by atoms with Crippen LogP contribution in [0.4, 0.5) is 0 Å². The summed E-state index contributed by atoms with van der Waals surface area (Å²) in [5.74, 6) is 1.16. The maximum Gasteiger partial charge on any atom is 0.249 e. The Kier molecular flexibility index (Phi) is 4.72. The molecule has 4 nitrogen and oxygen atoms in total. The van der Waals surface area contributed by atoms with Crippen LogP contribution in [0.3, 0.4) is 0 Å². The summed E-state index contributed by atoms with van der Waals surface area (Å²) in [5.41, 5.74) is 0.927. The average Bonchev–Trinajstić information content (AvgIpc) is 2.86. The molecule has 0 aromatic carbocycles. The molecule has 17 heavy (non-hydrogen) atoms. The molecule has 2 heterocycles. The van der Waals surface area contributed by atoms with Gasteiger partial charge in [0.15, 0.2) is 0 Å². The van der Waals surface area contributed by atoms with E-state index in [1.807, 2.05) is 6.07 Å². The predicted octanol–water partition coefficient (Wildman–Crippen LogP) is 3.82. The van der Waals surface area contributed by atoms with Gasteiger partial charge in [0.25, 0.3) is 0 Å². The molecule has 0 aliphatic rings. The number of aromatic nitrogens is 2. The first-order valence-electron chi connectivity index (χ1n) is 5.19. The van der Waals surface area contributed by atoms with Gasteiger partial charge in [-0.1, -0.05) is 6.92 Å². The Bertz CT molecular complexity index is 497. The molecule has 2 aromatic heterocycles. The SMILES string of the molecule is CCCNCc1nnc(-c2cc(Br)sc2Br)o1. The van der Waals surface area contributed by atoms with Gasteiger partial charge in [-0.2, -0.15) is 0 Å². The Morgan fingerprint density at radius 1 is 1.41 bits per heavy atom. The highest BCUT2D eigenvalue weighted by Gasteiger charge is 2.14. The predicted molar refractivity (Wildman–Crippen MR) is 75.0 cm³/mol. The van der Waals surface area contributed by atoms with E-state index in [0.717, 1.165) is 26.1 Å². The van der Waals surface area contributed by atoms with Gasteiger partial charge in [-0.3, -0.25) is 0 Å². The van der Waals surface area contributed by atoms with E-state index in [4.69, 9.17) is 4.42 Å². The molecule has 1 N–H and O–H groups in total. The van der Waals surface area contributed by atoms with E-state index in [0.29, 0.717) is 18.3 Å². The van der Waals surface area contributed by atoms with Crippen LogP contribution in [0.15, 0.2) is 18.1 Å². The second-order valence-electron chi connectivity index (χ2n) is 3.42. The van der Waals surface area contributed by atoms with Crippen molar-refractivity contribution in [3.8, 4) is 11.5 Å². The minimum Gasteiger partial charge on any atom is -0.419 e. The van der Waals surface area contributed by atoms with Crippen LogP contribution >= 0.6 is 43.2 Å². The van der Waals surface area contributed by atoms with Crippen LogP contribution in [0.1, 0.15) is 19.2 Å². The molecule has 0 saturated carbocycles. The topological polar surface area (TPSA) is 51.0 Å². The highest BCUT2D eigenvalue weighted by atomic mass is 79.9. The smallest absolute Gasteiger partial charge is 0.249 e. The molecule has 0 radical (unpaired) electrons. The molecule has 0 unspecified atom stereocenters. The first kappa shape index (κ1) is 13.2. The Hall–Kier alpha value is -0.240. The maximum atomic E-state index is 5.58. The van der Waals surface area contributed by atoms with Gasteiger partial charge in [0, 0.05) is 0 Å². The number of halogens is 2. The highest BCUT2D eigenvalue weighted by Crippen LogP contribution is 2.37. The van der Waals surface area contributed by atoms with Gasteiger partial charge < -0.3 is 9.73 Å². The van der Waals surface area contributed by atoms with Gasteiger partial charge in [0.1, 0.15) is 0 Å². The summed E-state index contributed by atoms with van der Waals surface area (Å²) < 4.78 is 7.60. The van der Waals surface area contributed by atoms with E-state index in [2.05, 4.69) is 54.3 Å². The summed E-state index contributed by atoms with van der Waals surface area (Å²) in [6.07, 6.45) is 1.09. The summed E-state index contributed by atoms with van der Waals surface area (Å²) in [5, 5.41) is 11.3. The molecule has 0 bridgehead atoms. The Morgan fingerprint density at radius 2 is 2.24 bits per heavy atom. The highest BCUT2D eigenvalue weighted by molar-refractivity contribution is 9.12. The minimum absolute atomic E-state index is 0.548. The molecule has 2 aromatic rings. The lowest BCUT2D eigenvalue weighted by Crippen LogP contribution is -2.13. The fraction of sp³-hybridized carbons (Fsp3) is 0.400. The van der Waals surface area contributed by atoms with Crippen molar-refractivity contribution in [1.29, 1.82) is 0 Å². The summed E-state index contributed by atoms with van der Waals surface area (Å²) >= 11 is 8.48. The lowest BCUT2D eigenvalue weighted by Gasteiger charge is -1.96. The van der Waals surface area contributed by atoms with Crippen LogP contribution in [0.2, 0.25) is 0 Å². The van der Waals surface area contributed by atoms with E-state index in [1.54, 1.807) is 11.3 Å². The molecule has 2 rings (SSSR count). The molecule has 0 fully saturated rings. The number of nitrogens with zero attached hydrogens (tertiary/aromatic N) is 2. The first-order chi connectivity index (χ1) is 8.20. The zero-order chi connectivity index (χ0) is 12.3. The molecule has 0 aliphatic carbocycles. The third kappa shape index (κ3) is 3.37.